The van der Waals surface area contributed by atoms with E-state index >= 15 is 0 Å². The maximum absolute atomic E-state index is 13.5. The van der Waals surface area contributed by atoms with Crippen LogP contribution in [0.15, 0.2) is 36.4 Å². The molecule has 0 heterocycles. The first-order valence-corrected chi connectivity index (χ1v) is 12.4. The molecule has 2 aromatic rings. The van der Waals surface area contributed by atoms with Crippen molar-refractivity contribution in [2.24, 2.45) is 17.3 Å². The molecular formula is C29H34O5. The van der Waals surface area contributed by atoms with Gasteiger partial charge in [-0.05, 0) is 104 Å². The van der Waals surface area contributed by atoms with Crippen LogP contribution in [0.5, 0.6) is 11.5 Å². The van der Waals surface area contributed by atoms with E-state index in [-0.39, 0.29) is 23.3 Å². The molecule has 0 spiro atoms. The minimum atomic E-state index is -0.170. The fraction of sp³-hybridized carbons (Fsp3) is 0.517. The first-order valence-electron chi connectivity index (χ1n) is 12.4. The Kier molecular flexibility index (Phi) is 5.91. The average molecular weight is 463 g/mol. The van der Waals surface area contributed by atoms with Crippen molar-refractivity contribution < 1.29 is 23.8 Å². The third-order valence-corrected chi connectivity index (χ3v) is 8.86. The summed E-state index contributed by atoms with van der Waals surface area (Å²) in [5, 5.41) is 0. The Morgan fingerprint density at radius 1 is 0.971 bits per heavy atom. The van der Waals surface area contributed by atoms with Crippen LogP contribution >= 0.6 is 0 Å². The van der Waals surface area contributed by atoms with Crippen LogP contribution in [0.4, 0.5) is 0 Å². The summed E-state index contributed by atoms with van der Waals surface area (Å²) in [5.41, 5.74) is 3.93. The second kappa shape index (κ2) is 8.75. The number of methoxy groups -OCH3 is 2. The normalized spacial score (nSPS) is 29.4. The summed E-state index contributed by atoms with van der Waals surface area (Å²) in [4.78, 5) is 25.2. The molecule has 0 saturated heterocycles. The molecule has 0 aliphatic heterocycles. The van der Waals surface area contributed by atoms with Gasteiger partial charge >= 0.3 is 5.97 Å². The van der Waals surface area contributed by atoms with E-state index in [0.29, 0.717) is 34.6 Å². The van der Waals surface area contributed by atoms with Gasteiger partial charge in [-0.3, -0.25) is 9.59 Å². The van der Waals surface area contributed by atoms with Gasteiger partial charge in [0.15, 0.2) is 5.78 Å². The Hall–Kier alpha value is -2.82. The van der Waals surface area contributed by atoms with Gasteiger partial charge in [-0.15, -0.1) is 0 Å². The monoisotopic (exact) mass is 462 g/mol. The van der Waals surface area contributed by atoms with E-state index in [4.69, 9.17) is 14.2 Å². The van der Waals surface area contributed by atoms with Gasteiger partial charge in [-0.25, -0.2) is 0 Å². The van der Waals surface area contributed by atoms with Gasteiger partial charge in [0.05, 0.1) is 19.8 Å². The number of ketones is 1. The van der Waals surface area contributed by atoms with Crippen LogP contribution in [0, 0.1) is 17.3 Å². The lowest BCUT2D eigenvalue weighted by molar-refractivity contribution is -0.154. The van der Waals surface area contributed by atoms with Crippen molar-refractivity contribution in [3.63, 3.8) is 0 Å². The summed E-state index contributed by atoms with van der Waals surface area (Å²) in [6, 6.07) is 11.4. The zero-order valence-electron chi connectivity index (χ0n) is 20.6. The molecule has 5 rings (SSSR count). The minimum absolute atomic E-state index is 0.0270. The molecule has 5 heteroatoms. The number of esters is 1. The van der Waals surface area contributed by atoms with Crippen molar-refractivity contribution in [2.75, 3.05) is 14.2 Å². The van der Waals surface area contributed by atoms with Crippen LogP contribution in [-0.4, -0.2) is 32.1 Å². The molecule has 2 fully saturated rings. The number of carbonyl (C=O) groups excluding carboxylic acids is 2. The maximum atomic E-state index is 13.5. The molecular weight excluding hydrogens is 428 g/mol. The van der Waals surface area contributed by atoms with Gasteiger partial charge < -0.3 is 14.2 Å². The molecule has 0 N–H and O–H groups in total. The number of hydrogen-bond donors (Lipinski definition) is 0. The molecule has 0 amide bonds. The Labute approximate surface area is 201 Å². The zero-order valence-corrected chi connectivity index (χ0v) is 20.6. The number of carbonyl (C=O) groups is 2. The molecule has 0 unspecified atom stereocenters. The second-order valence-corrected chi connectivity index (χ2v) is 10.4. The molecule has 0 aromatic heterocycles. The number of benzene rings is 2. The summed E-state index contributed by atoms with van der Waals surface area (Å²) in [7, 11) is 3.26. The minimum Gasteiger partial charge on any atom is -0.497 e. The van der Waals surface area contributed by atoms with Crippen LogP contribution in [0.3, 0.4) is 0 Å². The summed E-state index contributed by atoms with van der Waals surface area (Å²) < 4.78 is 16.7. The molecule has 3 aliphatic rings. The molecule has 5 nitrogen and oxygen atoms in total. The highest BCUT2D eigenvalue weighted by Gasteiger charge is 2.56. The van der Waals surface area contributed by atoms with E-state index in [9.17, 15) is 9.59 Å². The van der Waals surface area contributed by atoms with Crippen LogP contribution in [0.1, 0.15) is 78.9 Å². The smallest absolute Gasteiger partial charge is 0.302 e. The third-order valence-electron chi connectivity index (χ3n) is 8.86. The standard InChI is InChI=1S/C29H34O5/c1-17(30)34-27-12-11-25-22-10-7-19-15-26(33-4)24(16-23(19)21(22)13-14-29(25,27)2)28(31)18-5-8-20(32-3)9-6-18/h5-6,8-9,15-16,21-22,25,27H,7,10-14H2,1-4H3/t21-,22+,25-,27-,29-/m0/s1. The predicted molar refractivity (Wildman–Crippen MR) is 130 cm³/mol. The molecule has 2 saturated carbocycles. The Morgan fingerprint density at radius 3 is 2.41 bits per heavy atom. The average Bonchev–Trinajstić information content (AvgIpc) is 3.18. The van der Waals surface area contributed by atoms with Gasteiger partial charge in [0.25, 0.3) is 0 Å². The fourth-order valence-corrected chi connectivity index (χ4v) is 7.19. The van der Waals surface area contributed by atoms with Gasteiger partial charge in [0.1, 0.15) is 17.6 Å². The number of ether oxygens (including phenoxy) is 3. The SMILES string of the molecule is COc1ccc(C(=O)c2cc3c(cc2OC)CC[C@@H]2[C@@H]3CC[C@]3(C)[C@@H](OC(C)=O)CC[C@@H]23)cc1. The molecule has 0 radical (unpaired) electrons. The van der Waals surface area contributed by atoms with Gasteiger partial charge in [-0.2, -0.15) is 0 Å². The van der Waals surface area contributed by atoms with Crippen molar-refractivity contribution in [3.8, 4) is 11.5 Å². The quantitative estimate of drug-likeness (QED) is 0.420. The lowest BCUT2D eigenvalue weighted by Crippen LogP contribution is -2.45. The summed E-state index contributed by atoms with van der Waals surface area (Å²) >= 11 is 0. The summed E-state index contributed by atoms with van der Waals surface area (Å²) in [6.45, 7) is 3.85. The van der Waals surface area contributed by atoms with Crippen molar-refractivity contribution in [3.05, 3.63) is 58.7 Å². The van der Waals surface area contributed by atoms with Gasteiger partial charge in [0, 0.05) is 17.9 Å². The lowest BCUT2D eigenvalue weighted by atomic mass is 9.55. The van der Waals surface area contributed by atoms with E-state index in [1.54, 1.807) is 14.2 Å². The second-order valence-electron chi connectivity index (χ2n) is 10.4. The third kappa shape index (κ3) is 3.70. The molecule has 5 atom stereocenters. The first kappa shape index (κ1) is 22.9. The number of rotatable bonds is 5. The van der Waals surface area contributed by atoms with Crippen LogP contribution < -0.4 is 9.47 Å². The summed E-state index contributed by atoms with van der Waals surface area (Å²) in [5.74, 6) is 2.72. The van der Waals surface area contributed by atoms with Crippen molar-refractivity contribution in [1.82, 2.24) is 0 Å². The fourth-order valence-electron chi connectivity index (χ4n) is 7.19. The largest absolute Gasteiger partial charge is 0.497 e. The Bertz CT molecular complexity index is 1100. The van der Waals surface area contributed by atoms with Crippen molar-refractivity contribution >= 4 is 11.8 Å². The molecule has 2 aromatic carbocycles. The van der Waals surface area contributed by atoms with E-state index in [0.717, 1.165) is 44.3 Å². The highest BCUT2D eigenvalue weighted by molar-refractivity contribution is 6.11. The van der Waals surface area contributed by atoms with Crippen molar-refractivity contribution in [2.45, 2.75) is 64.4 Å². The molecule has 3 aliphatic carbocycles. The Morgan fingerprint density at radius 2 is 1.74 bits per heavy atom. The van der Waals surface area contributed by atoms with Gasteiger partial charge in [-0.1, -0.05) is 6.92 Å². The lowest BCUT2D eigenvalue weighted by Gasteiger charge is -2.50. The molecule has 180 valence electrons. The zero-order chi connectivity index (χ0) is 24.0. The number of fused-ring (bicyclic) bond motifs is 5. The first-order chi connectivity index (χ1) is 16.4. The molecule has 0 bridgehead atoms. The number of aryl methyl sites for hydroxylation is 1. The van der Waals surface area contributed by atoms with Crippen molar-refractivity contribution in [1.29, 1.82) is 0 Å². The highest BCUT2D eigenvalue weighted by atomic mass is 16.5. The topological polar surface area (TPSA) is 61.8 Å². The van der Waals surface area contributed by atoms with E-state index in [1.807, 2.05) is 24.3 Å². The van der Waals surface area contributed by atoms with Gasteiger partial charge in [0.2, 0.25) is 0 Å². The maximum Gasteiger partial charge on any atom is 0.302 e. The van der Waals surface area contributed by atoms with Crippen LogP contribution in [-0.2, 0) is 16.0 Å². The summed E-state index contributed by atoms with van der Waals surface area (Å²) in [6.07, 6.45) is 6.34. The molecule has 34 heavy (non-hydrogen) atoms. The Balaban J connectivity index is 1.48. The predicted octanol–water partition coefficient (Wildman–Crippen LogP) is 5.72. The van der Waals surface area contributed by atoms with E-state index < -0.39 is 0 Å². The van der Waals surface area contributed by atoms with Crippen LogP contribution in [0.25, 0.3) is 0 Å². The van der Waals surface area contributed by atoms with E-state index in [1.165, 1.54) is 18.1 Å². The van der Waals surface area contributed by atoms with Crippen LogP contribution in [0.2, 0.25) is 0 Å². The van der Waals surface area contributed by atoms with E-state index in [2.05, 4.69) is 19.1 Å². The highest BCUT2D eigenvalue weighted by Crippen LogP contribution is 2.61. The number of hydrogen-bond acceptors (Lipinski definition) is 5.